The van der Waals surface area contributed by atoms with E-state index in [-0.39, 0.29) is 10.8 Å². The van der Waals surface area contributed by atoms with Gasteiger partial charge in [0.1, 0.15) is 0 Å². The minimum atomic E-state index is 0.239. The van der Waals surface area contributed by atoms with Crippen LogP contribution in [0.15, 0.2) is 66.9 Å². The smallest absolute Gasteiger partial charge is 0.0792 e. The molecule has 5 rings (SSSR count). The molecular formula is C31H33N. The molecule has 1 aliphatic rings. The van der Waals surface area contributed by atoms with Gasteiger partial charge in [0.2, 0.25) is 0 Å². The molecule has 0 bridgehead atoms. The second-order valence-corrected chi connectivity index (χ2v) is 11.8. The van der Waals surface area contributed by atoms with E-state index in [0.717, 1.165) is 18.5 Å². The molecule has 4 aromatic rings. The molecule has 1 aromatic heterocycles. The highest BCUT2D eigenvalue weighted by Crippen LogP contribution is 2.47. The average Bonchev–Trinajstić information content (AvgIpc) is 2.81. The summed E-state index contributed by atoms with van der Waals surface area (Å²) < 4.78 is 0. The van der Waals surface area contributed by atoms with E-state index in [0.29, 0.717) is 0 Å². The molecule has 0 spiro atoms. The van der Waals surface area contributed by atoms with Crippen molar-refractivity contribution in [1.29, 1.82) is 0 Å². The average molecular weight is 420 g/mol. The standard InChI is InChI=1S/C31H33N/c1-30(2,3)18-20-11-12-24-26(16-20)23-9-7-8-10-25(23)29-28-22(13-14-32-29)15-21(17-27(24)28)19-31(4,5)6/h7-17H,18-19H2,1-6H3. The van der Waals surface area contributed by atoms with Gasteiger partial charge in [0.25, 0.3) is 0 Å². The van der Waals surface area contributed by atoms with Crippen molar-refractivity contribution in [2.45, 2.75) is 54.4 Å². The topological polar surface area (TPSA) is 12.9 Å². The molecule has 3 aromatic carbocycles. The second-order valence-electron chi connectivity index (χ2n) is 11.8. The van der Waals surface area contributed by atoms with Gasteiger partial charge in [-0.1, -0.05) is 96.1 Å². The van der Waals surface area contributed by atoms with Gasteiger partial charge in [-0.3, -0.25) is 4.98 Å². The van der Waals surface area contributed by atoms with Crippen LogP contribution in [0.1, 0.15) is 52.7 Å². The molecule has 0 unspecified atom stereocenters. The highest BCUT2D eigenvalue weighted by molar-refractivity contribution is 6.12. The van der Waals surface area contributed by atoms with Gasteiger partial charge in [0.15, 0.2) is 0 Å². The van der Waals surface area contributed by atoms with Crippen LogP contribution in [-0.4, -0.2) is 4.98 Å². The number of nitrogens with zero attached hydrogens (tertiary/aromatic N) is 1. The Morgan fingerprint density at radius 1 is 0.594 bits per heavy atom. The van der Waals surface area contributed by atoms with E-state index in [1.165, 1.54) is 49.7 Å². The van der Waals surface area contributed by atoms with Crippen molar-refractivity contribution in [3.63, 3.8) is 0 Å². The highest BCUT2D eigenvalue weighted by atomic mass is 14.7. The third-order valence-electron chi connectivity index (χ3n) is 6.24. The Kier molecular flexibility index (Phi) is 4.78. The maximum atomic E-state index is 4.91. The Hall–Kier alpha value is -2.93. The maximum absolute atomic E-state index is 4.91. The summed E-state index contributed by atoms with van der Waals surface area (Å²) in [5.74, 6) is 0. The van der Waals surface area contributed by atoms with Crippen molar-refractivity contribution in [2.24, 2.45) is 10.8 Å². The zero-order chi connectivity index (χ0) is 22.7. The van der Waals surface area contributed by atoms with Crippen LogP contribution in [0, 0.1) is 10.8 Å². The maximum Gasteiger partial charge on any atom is 0.0792 e. The first-order chi connectivity index (χ1) is 15.1. The van der Waals surface area contributed by atoms with Crippen molar-refractivity contribution in [3.05, 3.63) is 78.0 Å². The molecule has 0 atom stereocenters. The summed E-state index contributed by atoms with van der Waals surface area (Å²) in [6.45, 7) is 13.9. The lowest BCUT2D eigenvalue weighted by molar-refractivity contribution is 0.411. The van der Waals surface area contributed by atoms with Gasteiger partial charge in [0.05, 0.1) is 5.69 Å². The fourth-order valence-corrected chi connectivity index (χ4v) is 5.21. The van der Waals surface area contributed by atoms with Gasteiger partial charge < -0.3 is 0 Å². The number of hydrogen-bond acceptors (Lipinski definition) is 1. The molecule has 1 aliphatic carbocycles. The number of aromatic nitrogens is 1. The highest BCUT2D eigenvalue weighted by Gasteiger charge is 2.24. The lowest BCUT2D eigenvalue weighted by atomic mass is 9.84. The van der Waals surface area contributed by atoms with Gasteiger partial charge in [-0.15, -0.1) is 0 Å². The number of pyridine rings is 1. The largest absolute Gasteiger partial charge is 0.256 e. The van der Waals surface area contributed by atoms with E-state index in [4.69, 9.17) is 4.98 Å². The third-order valence-corrected chi connectivity index (χ3v) is 6.24. The lowest BCUT2D eigenvalue weighted by Crippen LogP contribution is -2.09. The monoisotopic (exact) mass is 419 g/mol. The van der Waals surface area contributed by atoms with Crippen molar-refractivity contribution in [3.8, 4) is 33.5 Å². The van der Waals surface area contributed by atoms with E-state index >= 15 is 0 Å². The van der Waals surface area contributed by atoms with Gasteiger partial charge >= 0.3 is 0 Å². The molecule has 0 saturated carbocycles. The normalized spacial score (nSPS) is 12.9. The van der Waals surface area contributed by atoms with Crippen LogP contribution in [0.5, 0.6) is 0 Å². The van der Waals surface area contributed by atoms with Crippen LogP contribution in [0.3, 0.4) is 0 Å². The zero-order valence-electron chi connectivity index (χ0n) is 20.2. The molecule has 0 fully saturated rings. The summed E-state index contributed by atoms with van der Waals surface area (Å²) >= 11 is 0. The molecule has 32 heavy (non-hydrogen) atoms. The van der Waals surface area contributed by atoms with Gasteiger partial charge in [-0.25, -0.2) is 0 Å². The number of benzene rings is 3. The van der Waals surface area contributed by atoms with Crippen molar-refractivity contribution >= 4 is 10.8 Å². The van der Waals surface area contributed by atoms with E-state index in [2.05, 4.69) is 102 Å². The van der Waals surface area contributed by atoms with Crippen LogP contribution in [0.25, 0.3) is 44.3 Å². The minimum Gasteiger partial charge on any atom is -0.256 e. The van der Waals surface area contributed by atoms with E-state index in [1.54, 1.807) is 0 Å². The van der Waals surface area contributed by atoms with Crippen LogP contribution in [0.2, 0.25) is 0 Å². The van der Waals surface area contributed by atoms with Gasteiger partial charge in [-0.2, -0.15) is 0 Å². The predicted octanol–water partition coefficient (Wildman–Crippen LogP) is 8.73. The first-order valence-electron chi connectivity index (χ1n) is 11.7. The lowest BCUT2D eigenvalue weighted by Gasteiger charge is -2.21. The van der Waals surface area contributed by atoms with Crippen molar-refractivity contribution in [2.75, 3.05) is 0 Å². The molecule has 1 heteroatoms. The number of rotatable bonds is 2. The molecule has 0 N–H and O–H groups in total. The summed E-state index contributed by atoms with van der Waals surface area (Å²) in [6, 6.07) is 22.9. The Morgan fingerprint density at radius 2 is 1.22 bits per heavy atom. The quantitative estimate of drug-likeness (QED) is 0.279. The SMILES string of the molecule is CC(C)(C)Cc1ccc2c(c1)-c1ccccc1-c1nccc3cc(CC(C)(C)C)cc-2c13. The molecule has 0 saturated heterocycles. The summed E-state index contributed by atoms with van der Waals surface area (Å²) in [7, 11) is 0. The second kappa shape index (κ2) is 7.30. The predicted molar refractivity (Wildman–Crippen MR) is 138 cm³/mol. The molecule has 0 aliphatic heterocycles. The Bertz CT molecular complexity index is 1330. The number of hydrogen-bond donors (Lipinski definition) is 0. The van der Waals surface area contributed by atoms with E-state index in [9.17, 15) is 0 Å². The Morgan fingerprint density at radius 3 is 1.94 bits per heavy atom. The van der Waals surface area contributed by atoms with Crippen LogP contribution in [0.4, 0.5) is 0 Å². The molecule has 162 valence electrons. The first kappa shape index (κ1) is 20.9. The van der Waals surface area contributed by atoms with Gasteiger partial charge in [0, 0.05) is 17.1 Å². The molecule has 1 nitrogen and oxygen atoms in total. The summed E-state index contributed by atoms with van der Waals surface area (Å²) in [5, 5.41) is 2.56. The fourth-order valence-electron chi connectivity index (χ4n) is 5.21. The summed E-state index contributed by atoms with van der Waals surface area (Å²) in [6.07, 6.45) is 4.09. The minimum absolute atomic E-state index is 0.239. The van der Waals surface area contributed by atoms with Crippen LogP contribution >= 0.6 is 0 Å². The van der Waals surface area contributed by atoms with Gasteiger partial charge in [-0.05, 0) is 68.5 Å². The van der Waals surface area contributed by atoms with Crippen molar-refractivity contribution in [1.82, 2.24) is 4.98 Å². The van der Waals surface area contributed by atoms with Crippen LogP contribution in [-0.2, 0) is 12.8 Å². The summed E-state index contributed by atoms with van der Waals surface area (Å²) in [4.78, 5) is 4.91. The summed E-state index contributed by atoms with van der Waals surface area (Å²) in [5.41, 5.74) is 10.9. The molecular weight excluding hydrogens is 386 g/mol. The zero-order valence-corrected chi connectivity index (χ0v) is 20.2. The number of fused-ring (bicyclic) bond motifs is 5. The van der Waals surface area contributed by atoms with Crippen LogP contribution < -0.4 is 0 Å². The Labute approximate surface area is 192 Å². The third kappa shape index (κ3) is 3.86. The molecule has 0 amide bonds. The van der Waals surface area contributed by atoms with Crippen molar-refractivity contribution < 1.29 is 0 Å². The molecule has 1 heterocycles. The Balaban J connectivity index is 1.85. The fraction of sp³-hybridized carbons (Fsp3) is 0.323. The first-order valence-corrected chi connectivity index (χ1v) is 11.7. The molecule has 0 radical (unpaired) electrons. The van der Waals surface area contributed by atoms with E-state index in [1.807, 2.05) is 6.20 Å². The van der Waals surface area contributed by atoms with E-state index < -0.39 is 0 Å².